The molecule has 1 atom stereocenters. The van der Waals surface area contributed by atoms with Crippen LogP contribution in [0.5, 0.6) is 11.5 Å². The van der Waals surface area contributed by atoms with E-state index in [2.05, 4.69) is 9.47 Å². The molecule has 1 aromatic carbocycles. The highest BCUT2D eigenvalue weighted by atomic mass is 19.3. The molecule has 0 aromatic heterocycles. The molecule has 1 saturated carbocycles. The van der Waals surface area contributed by atoms with Crippen molar-refractivity contribution in [1.29, 1.82) is 0 Å². The Morgan fingerprint density at radius 1 is 1.25 bits per heavy atom. The summed E-state index contributed by atoms with van der Waals surface area (Å²) >= 11 is 0. The van der Waals surface area contributed by atoms with Gasteiger partial charge in [0.25, 0.3) is 0 Å². The number of hydrogen-bond donors (Lipinski definition) is 1. The average molecular weight is 227 g/mol. The van der Waals surface area contributed by atoms with Crippen LogP contribution >= 0.6 is 0 Å². The van der Waals surface area contributed by atoms with Crippen LogP contribution in [-0.2, 0) is 0 Å². The Labute approximate surface area is 91.1 Å². The maximum absolute atomic E-state index is 12.8. The predicted octanol–water partition coefficient (Wildman–Crippen LogP) is 2.42. The normalized spacial score (nSPS) is 23.2. The van der Waals surface area contributed by atoms with Crippen molar-refractivity contribution in [2.24, 2.45) is 11.7 Å². The minimum atomic E-state index is -3.55. The van der Waals surface area contributed by atoms with E-state index >= 15 is 0 Å². The van der Waals surface area contributed by atoms with Gasteiger partial charge in [0.1, 0.15) is 0 Å². The van der Waals surface area contributed by atoms with Crippen LogP contribution < -0.4 is 15.2 Å². The van der Waals surface area contributed by atoms with Crippen molar-refractivity contribution in [1.82, 2.24) is 0 Å². The fourth-order valence-electron chi connectivity index (χ4n) is 1.90. The Morgan fingerprint density at radius 3 is 2.62 bits per heavy atom. The van der Waals surface area contributed by atoms with Crippen LogP contribution in [0.2, 0.25) is 0 Å². The topological polar surface area (TPSA) is 44.5 Å². The molecule has 0 spiro atoms. The van der Waals surface area contributed by atoms with Gasteiger partial charge >= 0.3 is 6.29 Å². The van der Waals surface area contributed by atoms with Gasteiger partial charge in [-0.25, -0.2) is 0 Å². The van der Waals surface area contributed by atoms with E-state index in [0.717, 1.165) is 18.4 Å². The third-order valence-electron chi connectivity index (χ3n) is 2.94. The Morgan fingerprint density at radius 2 is 1.94 bits per heavy atom. The van der Waals surface area contributed by atoms with Gasteiger partial charge in [-0.2, -0.15) is 0 Å². The molecule has 2 N–H and O–H groups in total. The maximum atomic E-state index is 12.8. The Balaban J connectivity index is 1.89. The molecule has 0 radical (unpaired) electrons. The van der Waals surface area contributed by atoms with E-state index in [9.17, 15) is 8.78 Å². The van der Waals surface area contributed by atoms with Gasteiger partial charge in [0, 0.05) is 6.04 Å². The standard InChI is InChI=1S/C11H11F2NO2/c12-11(13)15-8-4-3-7(5-9(8)16-11)10(14)6-1-2-6/h3-6,10H,1-2,14H2/t10-/m0/s1. The molecule has 1 fully saturated rings. The number of nitrogens with two attached hydrogens (primary N) is 1. The van der Waals surface area contributed by atoms with E-state index < -0.39 is 6.29 Å². The minimum absolute atomic E-state index is 0.0664. The molecule has 3 rings (SSSR count). The molecule has 3 nitrogen and oxygen atoms in total. The lowest BCUT2D eigenvalue weighted by molar-refractivity contribution is -0.286. The summed E-state index contributed by atoms with van der Waals surface area (Å²) in [4.78, 5) is 0. The van der Waals surface area contributed by atoms with Gasteiger partial charge < -0.3 is 15.2 Å². The summed E-state index contributed by atoms with van der Waals surface area (Å²) in [6, 6.07) is 4.64. The number of hydrogen-bond acceptors (Lipinski definition) is 3. The lowest BCUT2D eigenvalue weighted by atomic mass is 10.0. The van der Waals surface area contributed by atoms with E-state index in [1.165, 1.54) is 6.07 Å². The lowest BCUT2D eigenvalue weighted by Crippen LogP contribution is -2.25. The van der Waals surface area contributed by atoms with Gasteiger partial charge in [0.15, 0.2) is 11.5 Å². The van der Waals surface area contributed by atoms with E-state index in [-0.39, 0.29) is 17.5 Å². The van der Waals surface area contributed by atoms with Gasteiger partial charge in [-0.05, 0) is 36.5 Å². The maximum Gasteiger partial charge on any atom is 0.586 e. The Hall–Kier alpha value is -1.36. The summed E-state index contributed by atoms with van der Waals surface area (Å²) in [6.45, 7) is 0. The highest BCUT2D eigenvalue weighted by Gasteiger charge is 2.43. The smallest absolute Gasteiger partial charge is 0.395 e. The molecule has 0 amide bonds. The van der Waals surface area contributed by atoms with E-state index in [1.54, 1.807) is 12.1 Å². The molecule has 0 bridgehead atoms. The zero-order valence-corrected chi connectivity index (χ0v) is 8.45. The quantitative estimate of drug-likeness (QED) is 0.843. The van der Waals surface area contributed by atoms with Crippen LogP contribution in [0.4, 0.5) is 8.78 Å². The van der Waals surface area contributed by atoms with Crippen molar-refractivity contribution in [3.05, 3.63) is 23.8 Å². The van der Waals surface area contributed by atoms with Crippen molar-refractivity contribution in [3.63, 3.8) is 0 Å². The summed E-state index contributed by atoms with van der Waals surface area (Å²) in [5, 5.41) is 0. The van der Waals surface area contributed by atoms with Crippen LogP contribution in [-0.4, -0.2) is 6.29 Å². The molecule has 1 aliphatic carbocycles. The fraction of sp³-hybridized carbons (Fsp3) is 0.455. The monoisotopic (exact) mass is 227 g/mol. The predicted molar refractivity (Wildman–Crippen MR) is 52.3 cm³/mol. The third-order valence-corrected chi connectivity index (χ3v) is 2.94. The molecular formula is C11H11F2NO2. The first kappa shape index (κ1) is 9.84. The summed E-state index contributed by atoms with van der Waals surface area (Å²) in [5.41, 5.74) is 6.80. The second kappa shape index (κ2) is 3.07. The summed E-state index contributed by atoms with van der Waals surface area (Å²) in [5.74, 6) is 0.608. The number of ether oxygens (including phenoxy) is 2. The van der Waals surface area contributed by atoms with Crippen molar-refractivity contribution in [3.8, 4) is 11.5 Å². The molecular weight excluding hydrogens is 216 g/mol. The van der Waals surface area contributed by atoms with Crippen molar-refractivity contribution in [2.75, 3.05) is 0 Å². The van der Waals surface area contributed by atoms with Crippen LogP contribution in [0.15, 0.2) is 18.2 Å². The molecule has 1 aromatic rings. The molecule has 16 heavy (non-hydrogen) atoms. The molecule has 1 aliphatic heterocycles. The third kappa shape index (κ3) is 1.61. The van der Waals surface area contributed by atoms with Crippen molar-refractivity contribution < 1.29 is 18.3 Å². The first-order valence-electron chi connectivity index (χ1n) is 5.20. The van der Waals surface area contributed by atoms with Crippen molar-refractivity contribution >= 4 is 0 Å². The zero-order valence-electron chi connectivity index (χ0n) is 8.45. The van der Waals surface area contributed by atoms with E-state index in [4.69, 9.17) is 5.73 Å². The van der Waals surface area contributed by atoms with Crippen LogP contribution in [0.1, 0.15) is 24.4 Å². The molecule has 86 valence electrons. The number of rotatable bonds is 2. The summed E-state index contributed by atoms with van der Waals surface area (Å²) < 4.78 is 34.2. The molecule has 5 heteroatoms. The highest BCUT2D eigenvalue weighted by molar-refractivity contribution is 5.46. The average Bonchev–Trinajstić information content (AvgIpc) is 2.98. The first-order valence-corrected chi connectivity index (χ1v) is 5.20. The summed E-state index contributed by atoms with van der Waals surface area (Å²) in [7, 11) is 0. The Bertz CT molecular complexity index is 432. The fourth-order valence-corrected chi connectivity index (χ4v) is 1.90. The van der Waals surface area contributed by atoms with Gasteiger partial charge in [-0.1, -0.05) is 6.07 Å². The number of fused-ring (bicyclic) bond motifs is 1. The lowest BCUT2D eigenvalue weighted by Gasteiger charge is -2.10. The number of alkyl halides is 2. The van der Waals surface area contributed by atoms with Crippen LogP contribution in [0.25, 0.3) is 0 Å². The highest BCUT2D eigenvalue weighted by Crippen LogP contribution is 2.45. The van der Waals surface area contributed by atoms with E-state index in [0.29, 0.717) is 5.92 Å². The Kier molecular flexibility index (Phi) is 1.89. The minimum Gasteiger partial charge on any atom is -0.395 e. The number of halogens is 2. The number of benzene rings is 1. The molecule has 1 heterocycles. The van der Waals surface area contributed by atoms with Crippen LogP contribution in [0.3, 0.4) is 0 Å². The second-order valence-electron chi connectivity index (χ2n) is 4.24. The van der Waals surface area contributed by atoms with Gasteiger partial charge in [0.05, 0.1) is 0 Å². The molecule has 0 saturated heterocycles. The molecule has 0 unspecified atom stereocenters. The largest absolute Gasteiger partial charge is 0.586 e. The SMILES string of the molecule is N[C@H](c1ccc2c(c1)OC(F)(F)O2)C1CC1. The van der Waals surface area contributed by atoms with Crippen molar-refractivity contribution in [2.45, 2.75) is 25.2 Å². The van der Waals surface area contributed by atoms with Gasteiger partial charge in [-0.15, -0.1) is 8.78 Å². The van der Waals surface area contributed by atoms with Crippen LogP contribution in [0, 0.1) is 5.92 Å². The van der Waals surface area contributed by atoms with Gasteiger partial charge in [0.2, 0.25) is 0 Å². The summed E-state index contributed by atoms with van der Waals surface area (Å²) in [6.07, 6.45) is -1.35. The first-order chi connectivity index (χ1) is 7.55. The van der Waals surface area contributed by atoms with E-state index in [1.807, 2.05) is 0 Å². The van der Waals surface area contributed by atoms with Gasteiger partial charge in [-0.3, -0.25) is 0 Å². The molecule has 2 aliphatic rings. The zero-order chi connectivity index (χ0) is 11.3. The second-order valence-corrected chi connectivity index (χ2v) is 4.24.